The quantitative estimate of drug-likeness (QED) is 0.474. The molecule has 0 spiro atoms. The molecule has 0 aromatic rings. The van der Waals surface area contributed by atoms with E-state index in [1.54, 1.807) is 0 Å². The molecule has 1 aliphatic rings. The molecule has 1 fully saturated rings. The smallest absolute Gasteiger partial charge is 0.0204 e. The molecular weight excluding hydrogens is 228 g/mol. The molecule has 0 heterocycles. The lowest BCUT2D eigenvalue weighted by molar-refractivity contribution is 0.815. The molecule has 0 bridgehead atoms. The summed E-state index contributed by atoms with van der Waals surface area (Å²) in [6.07, 6.45) is 8.08. The van der Waals surface area contributed by atoms with Crippen LogP contribution in [0.15, 0.2) is 47.6 Å². The van der Waals surface area contributed by atoms with E-state index in [1.807, 2.05) is 33.8 Å². The first kappa shape index (κ1) is 20.3. The van der Waals surface area contributed by atoms with Gasteiger partial charge < -0.3 is 0 Å². The van der Waals surface area contributed by atoms with Gasteiger partial charge in [-0.25, -0.2) is 0 Å². The van der Waals surface area contributed by atoms with Gasteiger partial charge in [0.2, 0.25) is 0 Å². The van der Waals surface area contributed by atoms with E-state index in [4.69, 9.17) is 0 Å². The van der Waals surface area contributed by atoms with Crippen molar-refractivity contribution in [3.8, 4) is 0 Å². The number of rotatable bonds is 5. The van der Waals surface area contributed by atoms with Crippen LogP contribution >= 0.6 is 0 Å². The molecule has 0 saturated heterocycles. The summed E-state index contributed by atoms with van der Waals surface area (Å²) < 4.78 is 0. The van der Waals surface area contributed by atoms with Gasteiger partial charge >= 0.3 is 0 Å². The zero-order valence-electron chi connectivity index (χ0n) is 14.3. The highest BCUT2D eigenvalue weighted by atomic mass is 14.3. The summed E-state index contributed by atoms with van der Waals surface area (Å²) in [6.45, 7) is 22.4. The Hall–Kier alpha value is -1.04. The molecule has 0 nitrogen and oxygen atoms in total. The molecule has 1 rings (SSSR count). The van der Waals surface area contributed by atoms with E-state index in [0.29, 0.717) is 0 Å². The van der Waals surface area contributed by atoms with Crippen molar-refractivity contribution in [3.05, 3.63) is 47.6 Å². The number of hydrogen-bond acceptors (Lipinski definition) is 0. The molecule has 19 heavy (non-hydrogen) atoms. The molecule has 0 aromatic heterocycles. The zero-order chi connectivity index (χ0) is 15.4. The van der Waals surface area contributed by atoms with Crippen molar-refractivity contribution in [2.24, 2.45) is 5.92 Å². The predicted octanol–water partition coefficient (Wildman–Crippen LogP) is 6.86. The van der Waals surface area contributed by atoms with E-state index in [1.165, 1.54) is 36.0 Å². The first-order chi connectivity index (χ1) is 9.10. The van der Waals surface area contributed by atoms with Gasteiger partial charge in [0.1, 0.15) is 0 Å². The van der Waals surface area contributed by atoms with Crippen LogP contribution in [0.4, 0.5) is 0 Å². The van der Waals surface area contributed by atoms with Crippen molar-refractivity contribution in [2.45, 2.75) is 67.7 Å². The Labute approximate surface area is 122 Å². The number of allylic oxidation sites excluding steroid dienone is 6. The van der Waals surface area contributed by atoms with Crippen LogP contribution in [-0.4, -0.2) is 0 Å². The number of hydrogen-bond donors (Lipinski definition) is 0. The third-order valence-electron chi connectivity index (χ3n) is 3.19. The van der Waals surface area contributed by atoms with Crippen LogP contribution < -0.4 is 0 Å². The second kappa shape index (κ2) is 12.0. The fourth-order valence-corrected chi connectivity index (χ4v) is 1.81. The lowest BCUT2D eigenvalue weighted by Crippen LogP contribution is -1.93. The van der Waals surface area contributed by atoms with Crippen LogP contribution in [0.3, 0.4) is 0 Å². The van der Waals surface area contributed by atoms with Gasteiger partial charge in [-0.3, -0.25) is 0 Å². The Morgan fingerprint density at radius 1 is 1.11 bits per heavy atom. The highest BCUT2D eigenvalue weighted by molar-refractivity contribution is 5.50. The van der Waals surface area contributed by atoms with Crippen molar-refractivity contribution in [1.82, 2.24) is 0 Å². The maximum Gasteiger partial charge on any atom is -0.0204 e. The van der Waals surface area contributed by atoms with Crippen LogP contribution in [0.25, 0.3) is 0 Å². The lowest BCUT2D eigenvalue weighted by atomic mass is 9.94. The van der Waals surface area contributed by atoms with E-state index in [-0.39, 0.29) is 0 Å². The van der Waals surface area contributed by atoms with E-state index in [0.717, 1.165) is 11.5 Å². The monoisotopic (exact) mass is 262 g/mol. The van der Waals surface area contributed by atoms with Gasteiger partial charge in [-0.15, -0.1) is 0 Å². The topological polar surface area (TPSA) is 0 Å². The Balaban J connectivity index is 0. The Morgan fingerprint density at radius 2 is 1.58 bits per heavy atom. The van der Waals surface area contributed by atoms with Crippen molar-refractivity contribution in [3.63, 3.8) is 0 Å². The minimum Gasteiger partial charge on any atom is -0.0985 e. The molecule has 0 radical (unpaired) electrons. The summed E-state index contributed by atoms with van der Waals surface area (Å²) in [7, 11) is 0. The molecule has 0 aromatic carbocycles. The minimum absolute atomic E-state index is 0.929. The zero-order valence-corrected chi connectivity index (χ0v) is 14.3. The molecule has 110 valence electrons. The third kappa shape index (κ3) is 7.87. The van der Waals surface area contributed by atoms with Gasteiger partial charge in [0.15, 0.2) is 0 Å². The van der Waals surface area contributed by atoms with E-state index >= 15 is 0 Å². The fraction of sp³-hybridized carbons (Fsp3) is 0.579. The van der Waals surface area contributed by atoms with Gasteiger partial charge in [-0.1, -0.05) is 58.6 Å². The molecular formula is C19H34. The highest BCUT2D eigenvalue weighted by Crippen LogP contribution is 2.37. The van der Waals surface area contributed by atoms with Crippen molar-refractivity contribution >= 4 is 0 Å². The summed E-state index contributed by atoms with van der Waals surface area (Å²) in [6, 6.07) is 0. The van der Waals surface area contributed by atoms with E-state index < -0.39 is 0 Å². The van der Waals surface area contributed by atoms with Gasteiger partial charge in [0.25, 0.3) is 0 Å². The first-order valence-electron chi connectivity index (χ1n) is 7.74. The molecule has 0 N–H and O–H groups in total. The van der Waals surface area contributed by atoms with Crippen LogP contribution in [0.5, 0.6) is 0 Å². The van der Waals surface area contributed by atoms with Crippen molar-refractivity contribution < 1.29 is 0 Å². The maximum absolute atomic E-state index is 4.15. The highest BCUT2D eigenvalue weighted by Gasteiger charge is 2.22. The van der Waals surface area contributed by atoms with E-state index in [2.05, 4.69) is 40.0 Å². The molecule has 0 amide bonds. The second-order valence-electron chi connectivity index (χ2n) is 4.50. The van der Waals surface area contributed by atoms with Crippen LogP contribution in [0.1, 0.15) is 67.7 Å². The van der Waals surface area contributed by atoms with E-state index in [9.17, 15) is 0 Å². The summed E-state index contributed by atoms with van der Waals surface area (Å²) in [4.78, 5) is 0. The lowest BCUT2D eigenvalue weighted by Gasteiger charge is -2.11. The van der Waals surface area contributed by atoms with Gasteiger partial charge in [0.05, 0.1) is 0 Å². The first-order valence-corrected chi connectivity index (χ1v) is 7.74. The molecule has 0 aliphatic heterocycles. The molecule has 1 saturated carbocycles. The van der Waals surface area contributed by atoms with Gasteiger partial charge in [0, 0.05) is 0 Å². The average Bonchev–Trinajstić information content (AvgIpc) is 3.26. The standard InChI is InChI=1S/C15H22.2C2H6/c1-6-11(3)13(5)15(7-2)12(4)10-14-8-9-14;2*1-2/h6-7,14H,2,5,8-10H2,1,3-4H3;2*1-2H3/b11-6-,15-12-;;. The summed E-state index contributed by atoms with van der Waals surface area (Å²) >= 11 is 0. The maximum atomic E-state index is 4.15. The fourth-order valence-electron chi connectivity index (χ4n) is 1.81. The summed E-state index contributed by atoms with van der Waals surface area (Å²) in [5, 5.41) is 0. The van der Waals surface area contributed by atoms with Crippen molar-refractivity contribution in [2.75, 3.05) is 0 Å². The van der Waals surface area contributed by atoms with Gasteiger partial charge in [-0.05, 0) is 62.7 Å². The summed E-state index contributed by atoms with van der Waals surface area (Å²) in [5.41, 5.74) is 5.07. The Kier molecular flexibility index (Phi) is 12.8. The molecule has 0 unspecified atom stereocenters. The van der Waals surface area contributed by atoms with Crippen LogP contribution in [0.2, 0.25) is 0 Å². The van der Waals surface area contributed by atoms with Crippen LogP contribution in [0, 0.1) is 5.92 Å². The SMILES string of the molecule is C=C/C(C(=C)/C(C)=C\C)=C(\C)CC1CC1.CC.CC. The van der Waals surface area contributed by atoms with Crippen LogP contribution in [-0.2, 0) is 0 Å². The van der Waals surface area contributed by atoms with Crippen molar-refractivity contribution in [1.29, 1.82) is 0 Å². The molecule has 1 aliphatic carbocycles. The average molecular weight is 262 g/mol. The van der Waals surface area contributed by atoms with Gasteiger partial charge in [-0.2, -0.15) is 0 Å². The Morgan fingerprint density at radius 3 is 1.89 bits per heavy atom. The minimum atomic E-state index is 0.929. The molecule has 0 atom stereocenters. The normalized spacial score (nSPS) is 15.2. The predicted molar refractivity (Wildman–Crippen MR) is 91.5 cm³/mol. The largest absolute Gasteiger partial charge is 0.0985 e. The Bertz CT molecular complexity index is 322. The second-order valence-corrected chi connectivity index (χ2v) is 4.50. The molecule has 0 heteroatoms. The third-order valence-corrected chi connectivity index (χ3v) is 3.19. The summed E-state index contributed by atoms with van der Waals surface area (Å²) in [5.74, 6) is 0.929.